The summed E-state index contributed by atoms with van der Waals surface area (Å²) in [6, 6.07) is 66.2. The molecule has 0 saturated carbocycles. The van der Waals surface area contributed by atoms with Crippen molar-refractivity contribution in [2.45, 2.75) is 0 Å². The molecule has 51 heavy (non-hydrogen) atoms. The van der Waals surface area contributed by atoms with Crippen LogP contribution in [0.5, 0.6) is 0 Å². The zero-order chi connectivity index (χ0) is 33.7. The Morgan fingerprint density at radius 3 is 1.98 bits per heavy atom. The fraction of sp³-hybridized carbons (Fsp3) is 0. The van der Waals surface area contributed by atoms with Crippen molar-refractivity contribution >= 4 is 60.7 Å². The van der Waals surface area contributed by atoms with Crippen LogP contribution in [0.2, 0.25) is 0 Å². The molecule has 8 aromatic carbocycles. The van der Waals surface area contributed by atoms with Crippen LogP contribution in [-0.2, 0) is 0 Å². The van der Waals surface area contributed by atoms with Gasteiger partial charge in [0.05, 0.1) is 16.7 Å². The minimum Gasteiger partial charge on any atom is -0.434 e. The molecule has 0 N–H and O–H groups in total. The summed E-state index contributed by atoms with van der Waals surface area (Å²) >= 11 is 0. The van der Waals surface area contributed by atoms with Crippen LogP contribution < -0.4 is 4.90 Å². The monoisotopic (exact) mass is 653 g/mol. The highest BCUT2D eigenvalue weighted by Crippen LogP contribution is 2.42. The van der Waals surface area contributed by atoms with Gasteiger partial charge in [-0.05, 0) is 83.2 Å². The summed E-state index contributed by atoms with van der Waals surface area (Å²) in [5.74, 6) is 0.606. The summed E-state index contributed by atoms with van der Waals surface area (Å²) in [4.78, 5) is 7.14. The molecule has 4 nitrogen and oxygen atoms in total. The molecule has 0 bridgehead atoms. The zero-order valence-corrected chi connectivity index (χ0v) is 27.6. The van der Waals surface area contributed by atoms with E-state index in [1.165, 1.54) is 32.6 Å². The summed E-state index contributed by atoms with van der Waals surface area (Å²) < 4.78 is 8.95. The molecule has 0 saturated heterocycles. The third-order valence-electron chi connectivity index (χ3n) is 9.78. The lowest BCUT2D eigenvalue weighted by atomic mass is 10.0. The van der Waals surface area contributed by atoms with E-state index in [0.717, 1.165) is 50.5 Å². The van der Waals surface area contributed by atoms with Gasteiger partial charge in [0.15, 0.2) is 5.58 Å². The number of aromatic nitrogens is 2. The van der Waals surface area contributed by atoms with Gasteiger partial charge in [0.25, 0.3) is 0 Å². The van der Waals surface area contributed by atoms with Gasteiger partial charge in [0.1, 0.15) is 5.52 Å². The standard InChI is InChI=1S/C47H31N3O/c1-4-15-33(16-5-1)47-48-42-24-13-25-43(46(42)51-47)49(36-18-6-2-7-19-36)38-22-12-17-34(30-38)35-27-28-40-41-29-26-32-14-10-11-23-39(32)45(41)50(44(40)31-35)37-20-8-3-9-21-37/h1-31H. The number of hydrogen-bond donors (Lipinski definition) is 0. The van der Waals surface area contributed by atoms with Crippen molar-refractivity contribution in [2.75, 3.05) is 4.90 Å². The molecular weight excluding hydrogens is 623 g/mol. The molecule has 0 aliphatic heterocycles. The minimum atomic E-state index is 0.606. The molecule has 0 aliphatic rings. The van der Waals surface area contributed by atoms with E-state index in [4.69, 9.17) is 9.40 Å². The average molecular weight is 654 g/mol. The summed E-state index contributed by atoms with van der Waals surface area (Å²) in [7, 11) is 0. The van der Waals surface area contributed by atoms with Crippen molar-refractivity contribution in [2.24, 2.45) is 0 Å². The first-order chi connectivity index (χ1) is 25.3. The van der Waals surface area contributed by atoms with Crippen molar-refractivity contribution < 1.29 is 4.42 Å². The van der Waals surface area contributed by atoms with Gasteiger partial charge in [0, 0.05) is 38.8 Å². The number of rotatable bonds is 6. The predicted molar refractivity (Wildman–Crippen MR) is 211 cm³/mol. The molecule has 2 heterocycles. The first-order valence-electron chi connectivity index (χ1n) is 17.2. The molecule has 2 aromatic heterocycles. The van der Waals surface area contributed by atoms with Crippen LogP contribution in [0.25, 0.3) is 71.9 Å². The second-order valence-corrected chi connectivity index (χ2v) is 12.8. The van der Waals surface area contributed by atoms with Crippen molar-refractivity contribution in [1.29, 1.82) is 0 Å². The Hall–Kier alpha value is -6.91. The average Bonchev–Trinajstić information content (AvgIpc) is 3.80. The molecule has 240 valence electrons. The third-order valence-corrected chi connectivity index (χ3v) is 9.78. The van der Waals surface area contributed by atoms with Gasteiger partial charge >= 0.3 is 0 Å². The van der Waals surface area contributed by atoms with Crippen LogP contribution in [0.1, 0.15) is 0 Å². The van der Waals surface area contributed by atoms with Gasteiger partial charge < -0.3 is 13.9 Å². The van der Waals surface area contributed by atoms with Crippen molar-refractivity contribution in [1.82, 2.24) is 9.55 Å². The second kappa shape index (κ2) is 11.9. The molecule has 10 rings (SSSR count). The molecule has 0 radical (unpaired) electrons. The summed E-state index contributed by atoms with van der Waals surface area (Å²) in [5.41, 5.74) is 11.3. The molecule has 4 heteroatoms. The SMILES string of the molecule is c1ccc(-c2nc3cccc(N(c4ccccc4)c4cccc(-c5ccc6c7ccc8ccccc8c7n(-c7ccccc7)c6c5)c4)c3o2)cc1. The minimum absolute atomic E-state index is 0.606. The Kier molecular flexibility index (Phi) is 6.78. The lowest BCUT2D eigenvalue weighted by Crippen LogP contribution is -2.10. The molecular formula is C47H31N3O. The zero-order valence-electron chi connectivity index (χ0n) is 27.6. The molecule has 0 atom stereocenters. The Morgan fingerprint density at radius 2 is 1.14 bits per heavy atom. The Morgan fingerprint density at radius 1 is 0.471 bits per heavy atom. The topological polar surface area (TPSA) is 34.2 Å². The highest BCUT2D eigenvalue weighted by Gasteiger charge is 2.21. The third kappa shape index (κ3) is 4.88. The van der Waals surface area contributed by atoms with Gasteiger partial charge in [-0.15, -0.1) is 0 Å². The van der Waals surface area contributed by atoms with E-state index in [9.17, 15) is 0 Å². The summed E-state index contributed by atoms with van der Waals surface area (Å²) in [6.07, 6.45) is 0. The Balaban J connectivity index is 1.16. The maximum absolute atomic E-state index is 6.53. The Labute approximate surface area is 295 Å². The van der Waals surface area contributed by atoms with Crippen molar-refractivity contribution in [3.63, 3.8) is 0 Å². The number of anilines is 3. The summed E-state index contributed by atoms with van der Waals surface area (Å²) in [6.45, 7) is 0. The molecule has 0 fully saturated rings. The van der Waals surface area contributed by atoms with E-state index in [2.05, 4.69) is 155 Å². The predicted octanol–water partition coefficient (Wildman–Crippen LogP) is 12.9. The van der Waals surface area contributed by atoms with Crippen LogP contribution in [-0.4, -0.2) is 9.55 Å². The second-order valence-electron chi connectivity index (χ2n) is 12.8. The normalized spacial score (nSPS) is 11.5. The van der Waals surface area contributed by atoms with Crippen molar-refractivity contribution in [3.8, 4) is 28.3 Å². The highest BCUT2D eigenvalue weighted by molar-refractivity contribution is 6.19. The Bertz CT molecular complexity index is 2850. The van der Waals surface area contributed by atoms with Gasteiger partial charge in [0.2, 0.25) is 5.89 Å². The number of nitrogens with zero attached hydrogens (tertiary/aromatic N) is 3. The van der Waals surface area contributed by atoms with Gasteiger partial charge in [-0.1, -0.05) is 121 Å². The highest BCUT2D eigenvalue weighted by atomic mass is 16.3. The van der Waals surface area contributed by atoms with Crippen LogP contribution in [0.15, 0.2) is 192 Å². The number of para-hydroxylation sites is 3. The van der Waals surface area contributed by atoms with Crippen LogP contribution >= 0.6 is 0 Å². The molecule has 10 aromatic rings. The van der Waals surface area contributed by atoms with E-state index >= 15 is 0 Å². The molecule has 0 spiro atoms. The number of fused-ring (bicyclic) bond motifs is 6. The van der Waals surface area contributed by atoms with Gasteiger partial charge in [-0.2, -0.15) is 0 Å². The van der Waals surface area contributed by atoms with E-state index in [1.807, 2.05) is 42.5 Å². The fourth-order valence-corrected chi connectivity index (χ4v) is 7.45. The maximum Gasteiger partial charge on any atom is 0.227 e. The number of benzene rings is 8. The number of hydrogen-bond acceptors (Lipinski definition) is 3. The largest absolute Gasteiger partial charge is 0.434 e. The van der Waals surface area contributed by atoms with Crippen LogP contribution in [0, 0.1) is 0 Å². The lowest BCUT2D eigenvalue weighted by molar-refractivity contribution is 0.620. The molecule has 0 aliphatic carbocycles. The van der Waals surface area contributed by atoms with Crippen LogP contribution in [0.4, 0.5) is 17.1 Å². The lowest BCUT2D eigenvalue weighted by Gasteiger charge is -2.25. The van der Waals surface area contributed by atoms with E-state index < -0.39 is 0 Å². The van der Waals surface area contributed by atoms with E-state index in [-0.39, 0.29) is 0 Å². The smallest absolute Gasteiger partial charge is 0.227 e. The van der Waals surface area contributed by atoms with E-state index in [1.54, 1.807) is 0 Å². The number of oxazole rings is 1. The quantitative estimate of drug-likeness (QED) is 0.179. The first kappa shape index (κ1) is 29.0. The first-order valence-corrected chi connectivity index (χ1v) is 17.2. The van der Waals surface area contributed by atoms with Gasteiger partial charge in [-0.25, -0.2) is 4.98 Å². The van der Waals surface area contributed by atoms with E-state index in [0.29, 0.717) is 5.89 Å². The van der Waals surface area contributed by atoms with Crippen LogP contribution in [0.3, 0.4) is 0 Å². The van der Waals surface area contributed by atoms with Gasteiger partial charge in [-0.3, -0.25) is 0 Å². The maximum atomic E-state index is 6.53. The fourth-order valence-electron chi connectivity index (χ4n) is 7.45. The van der Waals surface area contributed by atoms with Crippen molar-refractivity contribution in [3.05, 3.63) is 188 Å². The molecule has 0 unspecified atom stereocenters. The molecule has 0 amide bonds. The summed E-state index contributed by atoms with van der Waals surface area (Å²) in [5, 5.41) is 4.96.